The average molecular weight is 474 g/mol. The van der Waals surface area contributed by atoms with Crippen molar-refractivity contribution in [2.24, 2.45) is 10.9 Å². The molecule has 0 bridgehead atoms. The molecule has 1 aliphatic rings. The Balaban J connectivity index is 0.00000338. The Bertz CT molecular complexity index is 562. The highest BCUT2D eigenvalue weighted by Crippen LogP contribution is 2.13. The van der Waals surface area contributed by atoms with Crippen molar-refractivity contribution in [3.05, 3.63) is 35.9 Å². The lowest BCUT2D eigenvalue weighted by Crippen LogP contribution is -2.42. The summed E-state index contributed by atoms with van der Waals surface area (Å²) in [5.74, 6) is 1.51. The highest BCUT2D eigenvalue weighted by atomic mass is 127. The number of benzene rings is 1. The molecule has 146 valence electrons. The molecule has 1 atom stereocenters. The molecular formula is C19H31IN4O2. The Labute approximate surface area is 174 Å². The zero-order valence-electron chi connectivity index (χ0n) is 16.0. The summed E-state index contributed by atoms with van der Waals surface area (Å²) in [5, 5.41) is 3.28. The number of halogens is 1. The van der Waals surface area contributed by atoms with Crippen LogP contribution in [0.5, 0.6) is 0 Å². The molecule has 1 saturated heterocycles. The second kappa shape index (κ2) is 12.1. The molecular weight excluding hydrogens is 443 g/mol. The van der Waals surface area contributed by atoms with E-state index in [1.54, 1.807) is 11.9 Å². The molecule has 0 aliphatic carbocycles. The Hall–Kier alpha value is -1.35. The van der Waals surface area contributed by atoms with Crippen LogP contribution in [0.3, 0.4) is 0 Å². The monoisotopic (exact) mass is 474 g/mol. The molecule has 1 N–H and O–H groups in total. The molecule has 1 aliphatic heterocycles. The molecule has 0 saturated carbocycles. The van der Waals surface area contributed by atoms with E-state index >= 15 is 0 Å². The van der Waals surface area contributed by atoms with E-state index in [-0.39, 0.29) is 29.9 Å². The predicted octanol–water partition coefficient (Wildman–Crippen LogP) is 2.20. The number of amides is 1. The van der Waals surface area contributed by atoms with Crippen molar-refractivity contribution < 1.29 is 9.53 Å². The van der Waals surface area contributed by atoms with Gasteiger partial charge in [-0.15, -0.1) is 24.0 Å². The van der Waals surface area contributed by atoms with Crippen LogP contribution in [-0.2, 0) is 16.1 Å². The van der Waals surface area contributed by atoms with Gasteiger partial charge in [-0.05, 0) is 12.0 Å². The van der Waals surface area contributed by atoms with Gasteiger partial charge in [0.2, 0.25) is 5.91 Å². The van der Waals surface area contributed by atoms with Gasteiger partial charge in [-0.3, -0.25) is 9.79 Å². The highest BCUT2D eigenvalue weighted by molar-refractivity contribution is 14.0. The number of hydrogen-bond donors (Lipinski definition) is 1. The summed E-state index contributed by atoms with van der Waals surface area (Å²) >= 11 is 0. The van der Waals surface area contributed by atoms with Crippen LogP contribution in [0.15, 0.2) is 35.3 Å². The normalized spacial score (nSPS) is 16.7. The van der Waals surface area contributed by atoms with Gasteiger partial charge in [-0.1, -0.05) is 30.3 Å². The Kier molecular flexibility index (Phi) is 10.6. The highest BCUT2D eigenvalue weighted by Gasteiger charge is 2.19. The van der Waals surface area contributed by atoms with E-state index in [1.165, 1.54) is 0 Å². The smallest absolute Gasteiger partial charge is 0.224 e. The van der Waals surface area contributed by atoms with Crippen LogP contribution in [0.25, 0.3) is 0 Å². The maximum Gasteiger partial charge on any atom is 0.224 e. The van der Waals surface area contributed by atoms with Crippen molar-refractivity contribution in [2.75, 3.05) is 47.4 Å². The van der Waals surface area contributed by atoms with Gasteiger partial charge in [0.15, 0.2) is 5.96 Å². The lowest BCUT2D eigenvalue weighted by atomic mass is 10.1. The largest absolute Gasteiger partial charge is 0.381 e. The van der Waals surface area contributed by atoms with Gasteiger partial charge in [-0.25, -0.2) is 0 Å². The summed E-state index contributed by atoms with van der Waals surface area (Å²) in [4.78, 5) is 20.5. The maximum atomic E-state index is 12.3. The zero-order chi connectivity index (χ0) is 18.1. The molecule has 1 unspecified atom stereocenters. The molecule has 7 heteroatoms. The fourth-order valence-corrected chi connectivity index (χ4v) is 3.00. The van der Waals surface area contributed by atoms with Crippen molar-refractivity contribution in [1.29, 1.82) is 0 Å². The summed E-state index contributed by atoms with van der Waals surface area (Å²) < 4.78 is 5.42. The minimum atomic E-state index is 0. The third-order valence-electron chi connectivity index (χ3n) is 4.44. The first-order valence-corrected chi connectivity index (χ1v) is 8.87. The molecule has 1 fully saturated rings. The van der Waals surface area contributed by atoms with E-state index in [4.69, 9.17) is 4.74 Å². The Morgan fingerprint density at radius 2 is 2.00 bits per heavy atom. The number of nitrogens with zero attached hydrogens (tertiary/aromatic N) is 3. The molecule has 1 amide bonds. The lowest BCUT2D eigenvalue weighted by molar-refractivity contribution is -0.130. The van der Waals surface area contributed by atoms with Crippen LogP contribution >= 0.6 is 24.0 Å². The summed E-state index contributed by atoms with van der Waals surface area (Å²) in [6.45, 7) is 3.81. The van der Waals surface area contributed by atoms with Crippen molar-refractivity contribution in [3.8, 4) is 0 Å². The van der Waals surface area contributed by atoms with Crippen molar-refractivity contribution in [2.45, 2.75) is 19.4 Å². The van der Waals surface area contributed by atoms with E-state index in [0.29, 0.717) is 25.4 Å². The molecule has 0 spiro atoms. The van der Waals surface area contributed by atoms with Crippen molar-refractivity contribution in [1.82, 2.24) is 15.1 Å². The Morgan fingerprint density at radius 3 is 2.62 bits per heavy atom. The molecule has 6 nitrogen and oxygen atoms in total. The van der Waals surface area contributed by atoms with E-state index in [2.05, 4.69) is 15.2 Å². The van der Waals surface area contributed by atoms with Crippen LogP contribution in [0.2, 0.25) is 0 Å². The van der Waals surface area contributed by atoms with E-state index < -0.39 is 0 Å². The van der Waals surface area contributed by atoms with Gasteiger partial charge in [0.1, 0.15) is 0 Å². The van der Waals surface area contributed by atoms with Crippen molar-refractivity contribution in [3.63, 3.8) is 0 Å². The van der Waals surface area contributed by atoms with Crippen LogP contribution in [-0.4, -0.2) is 69.1 Å². The van der Waals surface area contributed by atoms with Crippen LogP contribution < -0.4 is 5.32 Å². The quantitative estimate of drug-likeness (QED) is 0.374. The predicted molar refractivity (Wildman–Crippen MR) is 116 cm³/mol. The molecule has 1 heterocycles. The molecule has 1 aromatic rings. The molecule has 1 aromatic carbocycles. The number of ether oxygens (including phenoxy) is 1. The molecule has 0 radical (unpaired) electrons. The fourth-order valence-electron chi connectivity index (χ4n) is 3.00. The number of carbonyl (C=O) groups excluding carboxylic acids is 1. The summed E-state index contributed by atoms with van der Waals surface area (Å²) in [7, 11) is 5.64. The van der Waals surface area contributed by atoms with Gasteiger partial charge >= 0.3 is 0 Å². The van der Waals surface area contributed by atoms with E-state index in [0.717, 1.165) is 37.7 Å². The lowest BCUT2D eigenvalue weighted by Gasteiger charge is -2.25. The zero-order valence-corrected chi connectivity index (χ0v) is 18.3. The van der Waals surface area contributed by atoms with Gasteiger partial charge in [0.25, 0.3) is 0 Å². The van der Waals surface area contributed by atoms with Crippen LogP contribution in [0, 0.1) is 5.92 Å². The number of carbonyl (C=O) groups is 1. The minimum absolute atomic E-state index is 0. The third kappa shape index (κ3) is 7.49. The summed E-state index contributed by atoms with van der Waals surface area (Å²) in [5.41, 5.74) is 1.14. The maximum absolute atomic E-state index is 12.3. The fraction of sp³-hybridized carbons (Fsp3) is 0.579. The number of aliphatic imine (C=N–C) groups is 1. The number of rotatable bonds is 7. The van der Waals surface area contributed by atoms with E-state index in [1.807, 2.05) is 44.4 Å². The standard InChI is InChI=1S/C19H30N4O2.HI/c1-20-19(23(3)14-17-10-12-25-15-17)21-11-9-18(24)22(2)13-16-7-5-4-6-8-16;/h4-8,17H,9-15H2,1-3H3,(H,20,21);1H. The second-order valence-corrected chi connectivity index (χ2v) is 6.57. The molecule has 2 rings (SSSR count). The third-order valence-corrected chi connectivity index (χ3v) is 4.44. The first kappa shape index (κ1) is 22.7. The summed E-state index contributed by atoms with van der Waals surface area (Å²) in [6.07, 6.45) is 1.55. The van der Waals surface area contributed by atoms with E-state index in [9.17, 15) is 4.79 Å². The Morgan fingerprint density at radius 1 is 1.27 bits per heavy atom. The van der Waals surface area contributed by atoms with Crippen molar-refractivity contribution >= 4 is 35.8 Å². The summed E-state index contributed by atoms with van der Waals surface area (Å²) in [6, 6.07) is 10.0. The van der Waals surface area contributed by atoms with Gasteiger partial charge in [-0.2, -0.15) is 0 Å². The number of hydrogen-bond acceptors (Lipinski definition) is 3. The van der Waals surface area contributed by atoms with Crippen LogP contribution in [0.1, 0.15) is 18.4 Å². The van der Waals surface area contributed by atoms with Gasteiger partial charge in [0, 0.05) is 59.7 Å². The first-order chi connectivity index (χ1) is 12.1. The topological polar surface area (TPSA) is 57.2 Å². The van der Waals surface area contributed by atoms with Gasteiger partial charge < -0.3 is 19.9 Å². The minimum Gasteiger partial charge on any atom is -0.381 e. The second-order valence-electron chi connectivity index (χ2n) is 6.57. The van der Waals surface area contributed by atoms with Crippen LogP contribution in [0.4, 0.5) is 0 Å². The first-order valence-electron chi connectivity index (χ1n) is 8.87. The average Bonchev–Trinajstić information content (AvgIpc) is 3.12. The molecule has 26 heavy (non-hydrogen) atoms. The SMILES string of the molecule is CN=C(NCCC(=O)N(C)Cc1ccccc1)N(C)CC1CCOC1.I. The number of nitrogens with one attached hydrogen (secondary N) is 1. The molecule has 0 aromatic heterocycles. The van der Waals surface area contributed by atoms with Gasteiger partial charge in [0.05, 0.1) is 6.61 Å². The number of guanidine groups is 1.